The first-order valence-corrected chi connectivity index (χ1v) is 9.69. The number of thiazole rings is 1. The number of alkyl halides is 1. The minimum Gasteiger partial charge on any atom is -0.458 e. The highest BCUT2D eigenvalue weighted by molar-refractivity contribution is 7.14. The second-order valence-corrected chi connectivity index (χ2v) is 6.76. The molecule has 0 bridgehead atoms. The van der Waals surface area contributed by atoms with Crippen molar-refractivity contribution in [3.8, 4) is 0 Å². The van der Waals surface area contributed by atoms with E-state index in [2.05, 4.69) is 15.5 Å². The number of oxime groups is 1. The summed E-state index contributed by atoms with van der Waals surface area (Å²) >= 11 is 11.8. The Morgan fingerprint density at radius 3 is 2.57 bits per heavy atom. The number of rotatable bonds is 10. The molecule has 0 unspecified atom stereocenters. The summed E-state index contributed by atoms with van der Waals surface area (Å²) in [5.41, 5.74) is 0.100. The number of nitro groups is 1. The van der Waals surface area contributed by atoms with E-state index in [-0.39, 0.29) is 34.7 Å². The van der Waals surface area contributed by atoms with E-state index in [1.807, 2.05) is 0 Å². The Kier molecular flexibility index (Phi) is 8.65. The molecule has 2 rings (SSSR count). The average molecular weight is 475 g/mol. The fraction of sp³-hybridized carbons (Fsp3) is 0.188. The second-order valence-electron chi connectivity index (χ2n) is 5.29. The van der Waals surface area contributed by atoms with Gasteiger partial charge in [0.05, 0.1) is 4.92 Å². The van der Waals surface area contributed by atoms with Gasteiger partial charge in [0, 0.05) is 17.5 Å². The number of amides is 1. The first-order valence-electron chi connectivity index (χ1n) is 7.90. The maximum absolute atomic E-state index is 11.7. The lowest BCUT2D eigenvalue weighted by Gasteiger charge is -2.04. The van der Waals surface area contributed by atoms with Gasteiger partial charge < -0.3 is 14.9 Å². The van der Waals surface area contributed by atoms with Crippen molar-refractivity contribution in [3.05, 3.63) is 51.0 Å². The molecule has 0 saturated carbocycles. The Labute approximate surface area is 182 Å². The lowest BCUT2D eigenvalue weighted by Crippen LogP contribution is -2.15. The first-order chi connectivity index (χ1) is 14.3. The fourth-order valence-corrected chi connectivity index (χ4v) is 2.75. The third kappa shape index (κ3) is 7.06. The number of carbonyl (C=O) groups excluding carboxylic acids is 3. The number of esters is 1. The zero-order chi connectivity index (χ0) is 22.1. The zero-order valence-electron chi connectivity index (χ0n) is 14.9. The van der Waals surface area contributed by atoms with Gasteiger partial charge in [-0.05, 0) is 29.3 Å². The van der Waals surface area contributed by atoms with Crippen LogP contribution in [-0.4, -0.2) is 45.2 Å². The van der Waals surface area contributed by atoms with Crippen molar-refractivity contribution in [2.45, 2.75) is 6.61 Å². The molecular weight excluding hydrogens is 463 g/mol. The molecule has 0 atom stereocenters. The highest BCUT2D eigenvalue weighted by Gasteiger charge is 2.18. The van der Waals surface area contributed by atoms with Gasteiger partial charge in [-0.3, -0.25) is 19.7 Å². The minimum atomic E-state index is -0.991. The number of hydrogen-bond donors (Lipinski definition) is 1. The quantitative estimate of drug-likeness (QED) is 0.138. The van der Waals surface area contributed by atoms with Crippen LogP contribution < -0.4 is 5.32 Å². The molecular formula is C16H12Cl2N4O7S. The van der Waals surface area contributed by atoms with Gasteiger partial charge >= 0.3 is 5.97 Å². The van der Waals surface area contributed by atoms with E-state index in [1.54, 1.807) is 0 Å². The average Bonchev–Trinajstić information content (AvgIpc) is 3.17. The van der Waals surface area contributed by atoms with Crippen LogP contribution in [0.15, 0.2) is 34.8 Å². The highest BCUT2D eigenvalue weighted by Crippen LogP contribution is 2.17. The van der Waals surface area contributed by atoms with Gasteiger partial charge in [-0.2, -0.15) is 0 Å². The fourth-order valence-electron chi connectivity index (χ4n) is 1.84. The number of nitrogens with zero attached hydrogens (tertiary/aromatic N) is 3. The summed E-state index contributed by atoms with van der Waals surface area (Å²) in [5.74, 6) is -1.55. The molecule has 2 aromatic rings. The van der Waals surface area contributed by atoms with Crippen molar-refractivity contribution in [2.24, 2.45) is 5.16 Å². The van der Waals surface area contributed by atoms with Gasteiger partial charge in [0.15, 0.2) is 10.8 Å². The minimum absolute atomic E-state index is 0.0316. The van der Waals surface area contributed by atoms with E-state index in [9.17, 15) is 24.5 Å². The number of carbonyl (C=O) groups is 3. The molecule has 0 aliphatic heterocycles. The van der Waals surface area contributed by atoms with Gasteiger partial charge in [-0.25, -0.2) is 9.78 Å². The molecule has 0 radical (unpaired) electrons. The van der Waals surface area contributed by atoms with Crippen LogP contribution in [0.25, 0.3) is 0 Å². The molecule has 30 heavy (non-hydrogen) atoms. The number of benzene rings is 1. The standard InChI is InChI=1S/C16H12Cl2N4O7S/c17-5-12(23)20-16-19-11(8-30-16)14(15(18)25)21-29-7-13(24)28-6-9-1-3-10(4-2-9)22(26)27/h1-4,8H,5-7H2,(H,19,20,23)/b21-14-. The molecule has 0 saturated heterocycles. The predicted molar refractivity (Wildman–Crippen MR) is 108 cm³/mol. The van der Waals surface area contributed by atoms with Gasteiger partial charge in [-0.15, -0.1) is 22.9 Å². The van der Waals surface area contributed by atoms with Gasteiger partial charge in [0.25, 0.3) is 10.9 Å². The maximum Gasteiger partial charge on any atom is 0.347 e. The molecule has 0 spiro atoms. The van der Waals surface area contributed by atoms with Crippen molar-refractivity contribution in [1.29, 1.82) is 0 Å². The lowest BCUT2D eigenvalue weighted by atomic mass is 10.2. The highest BCUT2D eigenvalue weighted by atomic mass is 35.5. The molecule has 1 aromatic heterocycles. The van der Waals surface area contributed by atoms with Crippen molar-refractivity contribution < 1.29 is 28.9 Å². The summed E-state index contributed by atoms with van der Waals surface area (Å²) in [5, 5.41) is 17.1. The number of ether oxygens (including phenoxy) is 1. The van der Waals surface area contributed by atoms with Crippen molar-refractivity contribution >= 4 is 68.2 Å². The number of nitrogens with one attached hydrogen (secondary N) is 1. The van der Waals surface area contributed by atoms with E-state index in [0.29, 0.717) is 5.56 Å². The molecule has 1 aromatic carbocycles. The molecule has 1 heterocycles. The van der Waals surface area contributed by atoms with E-state index in [0.717, 1.165) is 11.3 Å². The van der Waals surface area contributed by atoms with Crippen LogP contribution in [0.3, 0.4) is 0 Å². The summed E-state index contributed by atoms with van der Waals surface area (Å²) in [7, 11) is 0. The molecule has 0 aliphatic rings. The Morgan fingerprint density at radius 1 is 1.27 bits per heavy atom. The van der Waals surface area contributed by atoms with Crippen LogP contribution in [0.1, 0.15) is 11.3 Å². The van der Waals surface area contributed by atoms with Crippen molar-refractivity contribution in [1.82, 2.24) is 4.98 Å². The smallest absolute Gasteiger partial charge is 0.347 e. The van der Waals surface area contributed by atoms with Crippen LogP contribution in [0.2, 0.25) is 0 Å². The van der Waals surface area contributed by atoms with Crippen LogP contribution >= 0.6 is 34.5 Å². The summed E-state index contributed by atoms with van der Waals surface area (Å²) in [6.45, 7) is -0.762. The predicted octanol–water partition coefficient (Wildman–Crippen LogP) is 2.46. The first kappa shape index (κ1) is 23.2. The Hall–Kier alpha value is -3.09. The molecule has 0 fully saturated rings. The number of nitro benzene ring substituents is 1. The Balaban J connectivity index is 1.89. The van der Waals surface area contributed by atoms with Gasteiger partial charge in [0.1, 0.15) is 18.2 Å². The maximum atomic E-state index is 11.7. The van der Waals surface area contributed by atoms with Gasteiger partial charge in [-0.1, -0.05) is 5.16 Å². The number of hydrogen-bond acceptors (Lipinski definition) is 10. The largest absolute Gasteiger partial charge is 0.458 e. The summed E-state index contributed by atoms with van der Waals surface area (Å²) in [6.07, 6.45) is 0. The third-order valence-corrected chi connectivity index (χ3v) is 4.37. The second kappa shape index (κ2) is 11.2. The van der Waals surface area contributed by atoms with Crippen LogP contribution in [0.5, 0.6) is 0 Å². The monoisotopic (exact) mass is 474 g/mol. The molecule has 1 N–H and O–H groups in total. The van der Waals surface area contributed by atoms with Crippen molar-refractivity contribution in [2.75, 3.05) is 17.8 Å². The van der Waals surface area contributed by atoms with Gasteiger partial charge in [0.2, 0.25) is 12.5 Å². The van der Waals surface area contributed by atoms with Crippen LogP contribution in [0, 0.1) is 10.1 Å². The number of aromatic nitrogens is 1. The summed E-state index contributed by atoms with van der Waals surface area (Å²) in [4.78, 5) is 53.3. The number of anilines is 1. The van der Waals surface area contributed by atoms with Crippen molar-refractivity contribution in [3.63, 3.8) is 0 Å². The van der Waals surface area contributed by atoms with E-state index in [1.165, 1.54) is 29.6 Å². The molecule has 158 valence electrons. The topological polar surface area (TPSA) is 150 Å². The molecule has 0 aliphatic carbocycles. The van der Waals surface area contributed by atoms with E-state index in [4.69, 9.17) is 32.8 Å². The van der Waals surface area contributed by atoms with Crippen LogP contribution in [-0.2, 0) is 30.6 Å². The Morgan fingerprint density at radius 2 is 1.97 bits per heavy atom. The molecule has 1 amide bonds. The van der Waals surface area contributed by atoms with E-state index < -0.39 is 28.6 Å². The normalized spacial score (nSPS) is 10.9. The summed E-state index contributed by atoms with van der Waals surface area (Å²) < 4.78 is 4.94. The SMILES string of the molecule is O=C(CCl)Nc1nc(/C(=N/OCC(=O)OCc2ccc([N+](=O)[O-])cc2)C(=O)Cl)cs1. The summed E-state index contributed by atoms with van der Waals surface area (Å²) in [6, 6.07) is 5.44. The number of halogens is 2. The number of non-ortho nitro benzene ring substituents is 1. The zero-order valence-corrected chi connectivity index (χ0v) is 17.2. The lowest BCUT2D eigenvalue weighted by molar-refractivity contribution is -0.384. The Bertz CT molecular complexity index is 978. The van der Waals surface area contributed by atoms with E-state index >= 15 is 0 Å². The molecule has 11 nitrogen and oxygen atoms in total. The van der Waals surface area contributed by atoms with Crippen LogP contribution in [0.4, 0.5) is 10.8 Å². The molecule has 14 heteroatoms. The third-order valence-electron chi connectivity index (χ3n) is 3.19.